The summed E-state index contributed by atoms with van der Waals surface area (Å²) in [5.41, 5.74) is 0. The Morgan fingerprint density at radius 3 is 0.581 bits per heavy atom. The zero-order valence-corrected chi connectivity index (χ0v) is 28.1. The van der Waals surface area contributed by atoms with Gasteiger partial charge in [-0.1, -0.05) is 55.4 Å². The lowest BCUT2D eigenvalue weighted by atomic mass is 10.9. The molecule has 0 fully saturated rings. The summed E-state index contributed by atoms with van der Waals surface area (Å²) >= 11 is 0. The molecule has 0 unspecified atom stereocenters. The Balaban J connectivity index is 5.12. The number of rotatable bonds is 22. The van der Waals surface area contributed by atoms with Crippen molar-refractivity contribution in [3.8, 4) is 0 Å². The average Bonchev–Trinajstić information content (AvgIpc) is 2.80. The van der Waals surface area contributed by atoms with E-state index in [-0.39, 0.29) is 0 Å². The van der Waals surface area contributed by atoms with Crippen LogP contribution in [-0.2, 0) is 0 Å². The van der Waals surface area contributed by atoms with Crippen LogP contribution in [0.15, 0.2) is 0 Å². The van der Waals surface area contributed by atoms with Crippen molar-refractivity contribution >= 4 is 47.5 Å². The van der Waals surface area contributed by atoms with Gasteiger partial charge in [-0.3, -0.25) is 0 Å². The largest absolute Gasteiger partial charge is 0.107 e. The van der Waals surface area contributed by atoms with Gasteiger partial charge in [0.2, 0.25) is 0 Å². The van der Waals surface area contributed by atoms with Crippen LogP contribution >= 0.6 is 47.5 Å². The van der Waals surface area contributed by atoms with Crippen LogP contribution in [0.5, 0.6) is 0 Å². The molecule has 0 aliphatic carbocycles. The second-order valence-corrected chi connectivity index (χ2v) is 26.3. The summed E-state index contributed by atoms with van der Waals surface area (Å²) in [4.78, 5) is 0. The minimum absolute atomic E-state index is 0.309. The molecule has 0 radical (unpaired) electrons. The predicted molar refractivity (Wildman–Crippen MR) is 170 cm³/mol. The Kier molecular flexibility index (Phi) is 24.9. The molecule has 0 rings (SSSR count). The van der Waals surface area contributed by atoms with Crippen LogP contribution in [0.2, 0.25) is 0 Å². The first kappa shape index (κ1) is 33.6. The normalized spacial score (nSPS) is 12.6. The second-order valence-electron chi connectivity index (χ2n) is 8.49. The fourth-order valence-electron chi connectivity index (χ4n) is 4.08. The van der Waals surface area contributed by atoms with E-state index < -0.39 is 0 Å². The SMILES string of the molecule is CCP(CC)CCP(CCP(CC)CC)CP(CCP(CC)CC)CCP(CC)CC. The van der Waals surface area contributed by atoms with Gasteiger partial charge >= 0.3 is 0 Å². The Morgan fingerprint density at radius 2 is 0.419 bits per heavy atom. The van der Waals surface area contributed by atoms with Gasteiger partial charge in [0.05, 0.1) is 0 Å². The smallest absolute Gasteiger partial charge is 0.0120 e. The van der Waals surface area contributed by atoms with Crippen LogP contribution in [0.4, 0.5) is 0 Å². The molecule has 0 amide bonds. The highest BCUT2D eigenvalue weighted by molar-refractivity contribution is 7.76. The lowest BCUT2D eigenvalue weighted by molar-refractivity contribution is 1.31. The lowest BCUT2D eigenvalue weighted by Gasteiger charge is -2.29. The van der Waals surface area contributed by atoms with Gasteiger partial charge in [0.15, 0.2) is 0 Å². The van der Waals surface area contributed by atoms with Crippen LogP contribution in [0.25, 0.3) is 0 Å². The summed E-state index contributed by atoms with van der Waals surface area (Å²) in [6, 6.07) is 0. The van der Waals surface area contributed by atoms with Gasteiger partial charge in [0.1, 0.15) is 0 Å². The van der Waals surface area contributed by atoms with Gasteiger partial charge < -0.3 is 0 Å². The number of hydrogen-bond acceptors (Lipinski definition) is 0. The van der Waals surface area contributed by atoms with E-state index in [4.69, 9.17) is 0 Å². The van der Waals surface area contributed by atoms with Crippen LogP contribution < -0.4 is 0 Å². The van der Waals surface area contributed by atoms with Crippen molar-refractivity contribution in [1.82, 2.24) is 0 Å². The Morgan fingerprint density at radius 1 is 0.258 bits per heavy atom. The van der Waals surface area contributed by atoms with Gasteiger partial charge in [-0.15, -0.1) is 47.5 Å². The minimum atomic E-state index is 0.309. The fourth-order valence-corrected chi connectivity index (χ4v) is 22.4. The molecule has 0 aliphatic rings. The predicted octanol–water partition coefficient (Wildman–Crippen LogP) is 9.99. The zero-order valence-electron chi connectivity index (χ0n) is 22.7. The molecule has 188 valence electrons. The summed E-state index contributed by atoms with van der Waals surface area (Å²) in [5.74, 6) is 1.70. The topological polar surface area (TPSA) is 0 Å². The lowest BCUT2D eigenvalue weighted by Crippen LogP contribution is -2.08. The van der Waals surface area contributed by atoms with Crippen LogP contribution in [0.3, 0.4) is 0 Å². The molecule has 0 nitrogen and oxygen atoms in total. The molecule has 0 bridgehead atoms. The van der Waals surface area contributed by atoms with Crippen molar-refractivity contribution in [3.05, 3.63) is 0 Å². The van der Waals surface area contributed by atoms with E-state index >= 15 is 0 Å². The quantitative estimate of drug-likeness (QED) is 0.119. The average molecular weight is 545 g/mol. The van der Waals surface area contributed by atoms with E-state index in [0.29, 0.717) is 47.5 Å². The van der Waals surface area contributed by atoms with E-state index in [2.05, 4.69) is 55.4 Å². The fraction of sp³-hybridized carbons (Fsp3) is 1.00. The van der Waals surface area contributed by atoms with Crippen molar-refractivity contribution < 1.29 is 0 Å². The molecular formula is C25H58P6. The molecule has 6 heteroatoms. The Hall–Kier alpha value is 2.58. The summed E-state index contributed by atoms with van der Waals surface area (Å²) < 4.78 is 0. The van der Waals surface area contributed by atoms with Gasteiger partial charge in [-0.05, 0) is 104 Å². The minimum Gasteiger partial charge on any atom is -0.107 e. The van der Waals surface area contributed by atoms with Gasteiger partial charge in [-0.2, -0.15) is 0 Å². The van der Waals surface area contributed by atoms with E-state index in [1.54, 1.807) is 55.2 Å². The van der Waals surface area contributed by atoms with Crippen LogP contribution in [0, 0.1) is 0 Å². The van der Waals surface area contributed by atoms with Crippen molar-refractivity contribution in [2.75, 3.05) is 104 Å². The van der Waals surface area contributed by atoms with Crippen molar-refractivity contribution in [2.45, 2.75) is 55.4 Å². The summed E-state index contributed by atoms with van der Waals surface area (Å²) in [6.45, 7) is 19.6. The van der Waals surface area contributed by atoms with E-state index in [0.717, 1.165) is 0 Å². The molecule has 31 heavy (non-hydrogen) atoms. The molecule has 0 N–H and O–H groups in total. The highest BCUT2D eigenvalue weighted by Crippen LogP contribution is 2.56. The van der Waals surface area contributed by atoms with Crippen LogP contribution in [0.1, 0.15) is 55.4 Å². The first-order valence-corrected chi connectivity index (χ1v) is 24.7. The maximum absolute atomic E-state index is 2.45. The highest BCUT2D eigenvalue weighted by Gasteiger charge is 2.20. The van der Waals surface area contributed by atoms with E-state index in [1.165, 1.54) is 49.3 Å². The van der Waals surface area contributed by atoms with Crippen molar-refractivity contribution in [1.29, 1.82) is 0 Å². The number of hydrogen-bond donors (Lipinski definition) is 0. The van der Waals surface area contributed by atoms with Gasteiger partial charge in [0.25, 0.3) is 0 Å². The van der Waals surface area contributed by atoms with Gasteiger partial charge in [0, 0.05) is 0 Å². The monoisotopic (exact) mass is 544 g/mol. The maximum Gasteiger partial charge on any atom is -0.0120 e. The van der Waals surface area contributed by atoms with Crippen molar-refractivity contribution in [3.63, 3.8) is 0 Å². The summed E-state index contributed by atoms with van der Waals surface area (Å²) in [7, 11) is 1.98. The molecule has 0 atom stereocenters. The second kappa shape index (κ2) is 23.0. The highest BCUT2D eigenvalue weighted by atomic mass is 31.2. The molecule has 0 aliphatic heterocycles. The molecule has 0 aromatic carbocycles. The Bertz CT molecular complexity index is 299. The molecular weight excluding hydrogens is 486 g/mol. The molecule has 0 saturated carbocycles. The van der Waals surface area contributed by atoms with Gasteiger partial charge in [-0.25, -0.2) is 0 Å². The summed E-state index contributed by atoms with van der Waals surface area (Å²) in [6.07, 6.45) is 24.6. The molecule has 0 aromatic heterocycles. The van der Waals surface area contributed by atoms with E-state index in [1.807, 2.05) is 0 Å². The van der Waals surface area contributed by atoms with Crippen molar-refractivity contribution in [2.24, 2.45) is 0 Å². The molecule has 0 spiro atoms. The maximum atomic E-state index is 2.45. The zero-order chi connectivity index (χ0) is 23.5. The third-order valence-electron chi connectivity index (χ3n) is 6.91. The van der Waals surface area contributed by atoms with Crippen LogP contribution in [-0.4, -0.2) is 104 Å². The first-order chi connectivity index (χ1) is 15.0. The third-order valence-corrected chi connectivity index (χ3v) is 25.5. The first-order valence-electron chi connectivity index (χ1n) is 13.3. The standard InChI is InChI=1S/C25H58P6/c1-9-26(10-2)17-21-30(22-18-27(11-3)12-4)25-31(23-19-28(13-5)14-6)24-20-29(15-7)16-8/h9-25H2,1-8H3. The van der Waals surface area contributed by atoms with E-state index in [9.17, 15) is 0 Å². The molecule has 0 aromatic rings. The molecule has 0 heterocycles. The third kappa shape index (κ3) is 16.8. The Labute approximate surface area is 206 Å². The summed E-state index contributed by atoms with van der Waals surface area (Å²) in [5, 5.41) is 0. The molecule has 0 saturated heterocycles.